The number of piperidine rings is 1. The normalized spacial score (nSPS) is 14.7. The van der Waals surface area contributed by atoms with E-state index in [0.717, 1.165) is 70.7 Å². The number of aryl methyl sites for hydroxylation is 4. The Bertz CT molecular complexity index is 1630. The topological polar surface area (TPSA) is 88.1 Å². The van der Waals surface area contributed by atoms with Crippen LogP contribution in [0.2, 0.25) is 0 Å². The van der Waals surface area contributed by atoms with Crippen LogP contribution in [0.3, 0.4) is 0 Å². The lowest BCUT2D eigenvalue weighted by molar-refractivity contribution is 0.0915. The molecular weight excluding hydrogens is 546 g/mol. The average molecular weight is 592 g/mol. The molecule has 1 aliphatic heterocycles. The highest BCUT2D eigenvalue weighted by Crippen LogP contribution is 2.37. The van der Waals surface area contributed by atoms with E-state index < -0.39 is 0 Å². The maximum atomic E-state index is 14.3. The zero-order valence-electron chi connectivity index (χ0n) is 27.0. The molecule has 2 amide bonds. The van der Waals surface area contributed by atoms with E-state index in [2.05, 4.69) is 55.8 Å². The second-order valence-electron chi connectivity index (χ2n) is 13.3. The number of carbonyl (C=O) groups is 2. The van der Waals surface area contributed by atoms with Gasteiger partial charge in [0, 0.05) is 22.7 Å². The summed E-state index contributed by atoms with van der Waals surface area (Å²) in [4.78, 5) is 27.7. The first-order chi connectivity index (χ1) is 20.9. The fraction of sp³-hybridized carbons (Fsp3) is 0.378. The summed E-state index contributed by atoms with van der Waals surface area (Å²) in [6.45, 7) is 16.3. The van der Waals surface area contributed by atoms with Crippen LogP contribution in [-0.4, -0.2) is 34.7 Å². The molecule has 1 aliphatic rings. The van der Waals surface area contributed by atoms with Crippen molar-refractivity contribution in [2.75, 3.05) is 23.7 Å². The van der Waals surface area contributed by atoms with Gasteiger partial charge in [-0.25, -0.2) is 9.48 Å². The molecule has 1 unspecified atom stereocenters. The largest absolute Gasteiger partial charge is 0.324 e. The first-order valence-corrected chi connectivity index (χ1v) is 15.6. The molecule has 1 fully saturated rings. The van der Waals surface area contributed by atoms with Crippen LogP contribution in [0.5, 0.6) is 0 Å². The molecule has 0 spiro atoms. The molecule has 2 heterocycles. The van der Waals surface area contributed by atoms with Crippen molar-refractivity contribution in [3.05, 3.63) is 106 Å². The van der Waals surface area contributed by atoms with Crippen molar-refractivity contribution in [3.63, 3.8) is 0 Å². The predicted molar refractivity (Wildman–Crippen MR) is 179 cm³/mol. The molecule has 7 nitrogen and oxygen atoms in total. The van der Waals surface area contributed by atoms with Crippen molar-refractivity contribution in [1.29, 1.82) is 0 Å². The van der Waals surface area contributed by atoms with Crippen molar-refractivity contribution in [2.24, 2.45) is 5.92 Å². The van der Waals surface area contributed by atoms with Crippen molar-refractivity contribution in [3.8, 4) is 5.69 Å². The Balaban J connectivity index is 1.43. The van der Waals surface area contributed by atoms with Crippen LogP contribution in [0.1, 0.15) is 83.4 Å². The summed E-state index contributed by atoms with van der Waals surface area (Å²) in [5.74, 6) is 0.665. The van der Waals surface area contributed by atoms with Gasteiger partial charge in [0.1, 0.15) is 5.82 Å². The lowest BCUT2D eigenvalue weighted by Crippen LogP contribution is -2.34. The number of rotatable bonds is 7. The van der Waals surface area contributed by atoms with E-state index in [-0.39, 0.29) is 29.1 Å². The molecule has 44 heavy (non-hydrogen) atoms. The first kappa shape index (κ1) is 31.2. The van der Waals surface area contributed by atoms with Gasteiger partial charge in [-0.05, 0) is 100 Å². The third-order valence-electron chi connectivity index (χ3n) is 8.56. The Morgan fingerprint density at radius 1 is 0.864 bits per heavy atom. The summed E-state index contributed by atoms with van der Waals surface area (Å²) in [6.07, 6.45) is 1.86. The standard InChI is InChI=1S/C37H45N5O2/c1-23-11-13-30(14-12-23)42-32(22-31(41-42)37(5,6)7)40-36(44)39-29-10-8-9-28(21-29)34(27-15-17-38-18-16-27)35(43)33-25(3)19-24(2)20-26(33)4/h8-14,19-22,27,34,38H,15-18H2,1-7H3,(H2,39,40,44). The number of anilines is 2. The minimum absolute atomic E-state index is 0.158. The molecule has 0 saturated carbocycles. The van der Waals surface area contributed by atoms with Crippen LogP contribution in [-0.2, 0) is 5.41 Å². The van der Waals surface area contributed by atoms with E-state index in [9.17, 15) is 9.59 Å². The second kappa shape index (κ2) is 12.8. The van der Waals surface area contributed by atoms with Gasteiger partial charge in [-0.2, -0.15) is 5.10 Å². The van der Waals surface area contributed by atoms with Crippen LogP contribution < -0.4 is 16.0 Å². The Hall–Kier alpha value is -4.23. The van der Waals surface area contributed by atoms with Gasteiger partial charge in [0.2, 0.25) is 0 Å². The van der Waals surface area contributed by atoms with Gasteiger partial charge >= 0.3 is 6.03 Å². The minimum Gasteiger partial charge on any atom is -0.317 e. The smallest absolute Gasteiger partial charge is 0.317 e. The molecule has 7 heteroatoms. The quantitative estimate of drug-likeness (QED) is 0.190. The van der Waals surface area contributed by atoms with Gasteiger partial charge in [-0.1, -0.05) is 68.3 Å². The number of Topliss-reactive ketones (excluding diaryl/α,β-unsaturated/α-hetero) is 1. The van der Waals surface area contributed by atoms with Crippen LogP contribution >= 0.6 is 0 Å². The fourth-order valence-electron chi connectivity index (χ4n) is 6.35. The van der Waals surface area contributed by atoms with Gasteiger partial charge in [0.15, 0.2) is 5.78 Å². The lowest BCUT2D eigenvalue weighted by atomic mass is 9.75. The molecule has 0 bridgehead atoms. The molecular formula is C37H45N5O2. The number of aromatic nitrogens is 2. The van der Waals surface area contributed by atoms with Crippen molar-refractivity contribution >= 4 is 23.3 Å². The van der Waals surface area contributed by atoms with Gasteiger partial charge in [-0.15, -0.1) is 0 Å². The van der Waals surface area contributed by atoms with Gasteiger partial charge in [0.25, 0.3) is 0 Å². The van der Waals surface area contributed by atoms with Crippen LogP contribution in [0, 0.1) is 33.6 Å². The predicted octanol–water partition coefficient (Wildman–Crippen LogP) is 8.01. The molecule has 5 rings (SSSR count). The summed E-state index contributed by atoms with van der Waals surface area (Å²) in [5, 5.41) is 14.3. The Kier molecular flexibility index (Phi) is 9.07. The van der Waals surface area contributed by atoms with Crippen LogP contribution in [0.4, 0.5) is 16.3 Å². The van der Waals surface area contributed by atoms with Gasteiger partial charge in [-0.3, -0.25) is 10.1 Å². The molecule has 3 aromatic carbocycles. The number of urea groups is 1. The summed E-state index contributed by atoms with van der Waals surface area (Å²) in [5.41, 5.74) is 8.27. The first-order valence-electron chi connectivity index (χ1n) is 15.6. The Morgan fingerprint density at radius 2 is 1.52 bits per heavy atom. The number of nitrogens with one attached hydrogen (secondary N) is 3. The number of ketones is 1. The molecule has 1 aromatic heterocycles. The monoisotopic (exact) mass is 591 g/mol. The fourth-order valence-corrected chi connectivity index (χ4v) is 6.35. The summed E-state index contributed by atoms with van der Waals surface area (Å²) in [7, 11) is 0. The molecule has 1 atom stereocenters. The van der Waals surface area contributed by atoms with Gasteiger partial charge < -0.3 is 10.6 Å². The molecule has 0 aliphatic carbocycles. The van der Waals surface area contributed by atoms with Crippen LogP contribution in [0.15, 0.2) is 66.7 Å². The minimum atomic E-state index is -0.370. The molecule has 230 valence electrons. The highest BCUT2D eigenvalue weighted by atomic mass is 16.2. The number of amides is 2. The lowest BCUT2D eigenvalue weighted by Gasteiger charge is -2.31. The maximum Gasteiger partial charge on any atom is 0.324 e. The van der Waals surface area contributed by atoms with E-state index >= 15 is 0 Å². The maximum absolute atomic E-state index is 14.3. The number of nitrogens with zero attached hydrogens (tertiary/aromatic N) is 2. The van der Waals surface area contributed by atoms with Crippen molar-refractivity contribution in [2.45, 2.75) is 72.6 Å². The van der Waals surface area contributed by atoms with E-state index in [4.69, 9.17) is 5.10 Å². The number of benzene rings is 3. The van der Waals surface area contributed by atoms with Crippen molar-refractivity contribution < 1.29 is 9.59 Å². The summed E-state index contributed by atoms with van der Waals surface area (Å²) < 4.78 is 1.77. The van der Waals surface area contributed by atoms with E-state index in [1.54, 1.807) is 4.68 Å². The molecule has 1 saturated heterocycles. The second-order valence-corrected chi connectivity index (χ2v) is 13.3. The van der Waals surface area contributed by atoms with Gasteiger partial charge in [0.05, 0.1) is 17.3 Å². The Morgan fingerprint density at radius 3 is 2.16 bits per heavy atom. The highest BCUT2D eigenvalue weighted by molar-refractivity contribution is 6.04. The zero-order valence-corrected chi connectivity index (χ0v) is 27.0. The zero-order chi connectivity index (χ0) is 31.6. The van der Waals surface area contributed by atoms with E-state index in [0.29, 0.717) is 11.5 Å². The Labute approximate surface area is 261 Å². The van der Waals surface area contributed by atoms with E-state index in [1.165, 1.54) is 0 Å². The number of hydrogen-bond acceptors (Lipinski definition) is 4. The SMILES string of the molecule is Cc1ccc(-n2nc(C(C)(C)C)cc2NC(=O)Nc2cccc(C(C(=O)c3c(C)cc(C)cc3C)C3CCNCC3)c2)cc1. The summed E-state index contributed by atoms with van der Waals surface area (Å²) >= 11 is 0. The molecule has 0 radical (unpaired) electrons. The third kappa shape index (κ3) is 6.94. The number of carbonyl (C=O) groups excluding carboxylic acids is 2. The molecule has 4 aromatic rings. The van der Waals surface area contributed by atoms with Crippen molar-refractivity contribution in [1.82, 2.24) is 15.1 Å². The highest BCUT2D eigenvalue weighted by Gasteiger charge is 2.33. The van der Waals surface area contributed by atoms with Crippen LogP contribution in [0.25, 0.3) is 5.69 Å². The molecule has 3 N–H and O–H groups in total. The number of hydrogen-bond donors (Lipinski definition) is 3. The third-order valence-corrected chi connectivity index (χ3v) is 8.56. The average Bonchev–Trinajstić information content (AvgIpc) is 3.38. The van der Waals surface area contributed by atoms with E-state index in [1.807, 2.05) is 75.4 Å². The summed E-state index contributed by atoms with van der Waals surface area (Å²) in [6, 6.07) is 21.6.